The van der Waals surface area contributed by atoms with E-state index in [1.807, 2.05) is 13.0 Å². The van der Waals surface area contributed by atoms with Gasteiger partial charge < -0.3 is 4.90 Å². The average molecular weight is 265 g/mol. The zero-order valence-corrected chi connectivity index (χ0v) is 12.0. The highest BCUT2D eigenvalue weighted by molar-refractivity contribution is 6.29. The van der Waals surface area contributed by atoms with Crippen LogP contribution in [0, 0.1) is 0 Å². The fraction of sp³-hybridized carbons (Fsp3) is 0.533. The fourth-order valence-corrected chi connectivity index (χ4v) is 2.84. The third-order valence-electron chi connectivity index (χ3n) is 3.75. The predicted molar refractivity (Wildman–Crippen MR) is 79.2 cm³/mol. The summed E-state index contributed by atoms with van der Waals surface area (Å²) in [5.41, 5.74) is 3.05. The molecular weight excluding hydrogens is 244 g/mol. The molecule has 0 unspecified atom stereocenters. The molecule has 1 saturated carbocycles. The molecule has 1 fully saturated rings. The second kappa shape index (κ2) is 5.75. The van der Waals surface area contributed by atoms with E-state index in [9.17, 15) is 0 Å². The largest absolute Gasteiger partial charge is 0.370 e. The highest BCUT2D eigenvalue weighted by atomic mass is 35.5. The van der Waals surface area contributed by atoms with E-state index in [0.29, 0.717) is 11.2 Å². The molecular formula is C15H21ClN2. The molecule has 1 aliphatic rings. The number of halogens is 1. The van der Waals surface area contributed by atoms with Gasteiger partial charge in [-0.3, -0.25) is 0 Å². The monoisotopic (exact) mass is 264 g/mol. The van der Waals surface area contributed by atoms with Gasteiger partial charge in [0.25, 0.3) is 0 Å². The highest BCUT2D eigenvalue weighted by Gasteiger charge is 2.21. The molecule has 0 bridgehead atoms. The minimum Gasteiger partial charge on any atom is -0.370 e. The van der Waals surface area contributed by atoms with Crippen LogP contribution in [0.3, 0.4) is 0 Å². The second-order valence-corrected chi connectivity index (χ2v) is 5.57. The van der Waals surface area contributed by atoms with Gasteiger partial charge in [-0.1, -0.05) is 37.4 Å². The normalized spacial score (nSPS) is 16.6. The van der Waals surface area contributed by atoms with Gasteiger partial charge in [0.15, 0.2) is 0 Å². The van der Waals surface area contributed by atoms with Gasteiger partial charge >= 0.3 is 0 Å². The highest BCUT2D eigenvalue weighted by Crippen LogP contribution is 2.31. The number of pyridine rings is 1. The van der Waals surface area contributed by atoms with Gasteiger partial charge in [-0.2, -0.15) is 0 Å². The minimum absolute atomic E-state index is 0.536. The molecule has 98 valence electrons. The van der Waals surface area contributed by atoms with Gasteiger partial charge in [-0.05, 0) is 37.5 Å². The standard InChI is InChI=1S/C15H21ClN2/c1-11(2)15-13(9-10-14(16)17-15)18(3)12-7-5-4-6-8-12/h9-10,12H,1,4-8H2,2-3H3. The minimum atomic E-state index is 0.536. The van der Waals surface area contributed by atoms with Crippen molar-refractivity contribution in [3.8, 4) is 0 Å². The van der Waals surface area contributed by atoms with Crippen LogP contribution in [0.1, 0.15) is 44.7 Å². The maximum atomic E-state index is 5.98. The molecule has 0 amide bonds. The lowest BCUT2D eigenvalue weighted by atomic mass is 9.94. The van der Waals surface area contributed by atoms with E-state index >= 15 is 0 Å². The van der Waals surface area contributed by atoms with Gasteiger partial charge in [0.05, 0.1) is 11.4 Å². The first-order valence-electron chi connectivity index (χ1n) is 6.65. The number of allylic oxidation sites excluding steroid dienone is 1. The zero-order chi connectivity index (χ0) is 13.1. The van der Waals surface area contributed by atoms with Gasteiger partial charge in [-0.25, -0.2) is 4.98 Å². The van der Waals surface area contributed by atoms with Crippen LogP contribution in [-0.2, 0) is 0 Å². The molecule has 0 radical (unpaired) electrons. The quantitative estimate of drug-likeness (QED) is 0.746. The number of anilines is 1. The van der Waals surface area contributed by atoms with E-state index in [0.717, 1.165) is 17.0 Å². The lowest BCUT2D eigenvalue weighted by Crippen LogP contribution is -2.34. The predicted octanol–water partition coefficient (Wildman–Crippen LogP) is 4.54. The summed E-state index contributed by atoms with van der Waals surface area (Å²) >= 11 is 5.98. The summed E-state index contributed by atoms with van der Waals surface area (Å²) < 4.78 is 0. The Kier molecular flexibility index (Phi) is 4.28. The Labute approximate surface area is 115 Å². The Hall–Kier alpha value is -1.02. The molecule has 0 saturated heterocycles. The summed E-state index contributed by atoms with van der Waals surface area (Å²) in [6.07, 6.45) is 6.58. The molecule has 1 aromatic rings. The Bertz CT molecular complexity index is 436. The summed E-state index contributed by atoms with van der Waals surface area (Å²) in [5.74, 6) is 0. The smallest absolute Gasteiger partial charge is 0.129 e. The molecule has 0 N–H and O–H groups in total. The Morgan fingerprint density at radius 1 is 1.33 bits per heavy atom. The summed E-state index contributed by atoms with van der Waals surface area (Å²) in [6.45, 7) is 5.99. The van der Waals surface area contributed by atoms with Crippen molar-refractivity contribution in [1.29, 1.82) is 0 Å². The van der Waals surface area contributed by atoms with Crippen LogP contribution in [0.15, 0.2) is 18.7 Å². The SMILES string of the molecule is C=C(C)c1nc(Cl)ccc1N(C)C1CCCCC1. The number of aromatic nitrogens is 1. The molecule has 18 heavy (non-hydrogen) atoms. The van der Waals surface area contributed by atoms with Crippen LogP contribution in [0.5, 0.6) is 0 Å². The fourth-order valence-electron chi connectivity index (χ4n) is 2.69. The molecule has 0 spiro atoms. The van der Waals surface area contributed by atoms with Crippen LogP contribution < -0.4 is 4.90 Å². The summed E-state index contributed by atoms with van der Waals surface area (Å²) in [4.78, 5) is 6.77. The van der Waals surface area contributed by atoms with Crippen molar-refractivity contribution in [2.45, 2.75) is 45.1 Å². The van der Waals surface area contributed by atoms with Crippen LogP contribution in [0.25, 0.3) is 5.57 Å². The first kappa shape index (κ1) is 13.4. The summed E-state index contributed by atoms with van der Waals surface area (Å²) in [6, 6.07) is 4.55. The van der Waals surface area contributed by atoms with Crippen molar-refractivity contribution < 1.29 is 0 Å². The molecule has 1 aliphatic carbocycles. The van der Waals surface area contributed by atoms with Crippen molar-refractivity contribution in [3.05, 3.63) is 29.6 Å². The molecule has 0 aliphatic heterocycles. The van der Waals surface area contributed by atoms with Crippen LogP contribution in [0.4, 0.5) is 5.69 Å². The van der Waals surface area contributed by atoms with Gasteiger partial charge in [0.1, 0.15) is 5.15 Å². The molecule has 1 heterocycles. The third kappa shape index (κ3) is 2.86. The van der Waals surface area contributed by atoms with E-state index < -0.39 is 0 Å². The van der Waals surface area contributed by atoms with Crippen molar-refractivity contribution in [3.63, 3.8) is 0 Å². The van der Waals surface area contributed by atoms with Crippen LogP contribution in [0.2, 0.25) is 5.15 Å². The Morgan fingerprint density at radius 2 is 2.00 bits per heavy atom. The van der Waals surface area contributed by atoms with E-state index in [-0.39, 0.29) is 0 Å². The molecule has 2 rings (SSSR count). The number of hydrogen-bond donors (Lipinski definition) is 0. The lowest BCUT2D eigenvalue weighted by molar-refractivity contribution is 0.427. The van der Waals surface area contributed by atoms with Gasteiger partial charge in [0, 0.05) is 13.1 Å². The van der Waals surface area contributed by atoms with Crippen molar-refractivity contribution >= 4 is 22.9 Å². The summed E-state index contributed by atoms with van der Waals surface area (Å²) in [7, 11) is 2.16. The first-order valence-corrected chi connectivity index (χ1v) is 7.02. The maximum Gasteiger partial charge on any atom is 0.129 e. The van der Waals surface area contributed by atoms with Crippen molar-refractivity contribution in [2.75, 3.05) is 11.9 Å². The van der Waals surface area contributed by atoms with Crippen LogP contribution >= 0.6 is 11.6 Å². The van der Waals surface area contributed by atoms with Gasteiger partial charge in [-0.15, -0.1) is 0 Å². The zero-order valence-electron chi connectivity index (χ0n) is 11.2. The van der Waals surface area contributed by atoms with E-state index in [1.54, 1.807) is 0 Å². The first-order chi connectivity index (χ1) is 8.59. The number of rotatable bonds is 3. The Balaban J connectivity index is 2.28. The maximum absolute atomic E-state index is 5.98. The van der Waals surface area contributed by atoms with Crippen LogP contribution in [-0.4, -0.2) is 18.1 Å². The summed E-state index contributed by atoms with van der Waals surface area (Å²) in [5, 5.41) is 0.536. The van der Waals surface area contributed by atoms with E-state index in [2.05, 4.69) is 29.6 Å². The second-order valence-electron chi connectivity index (χ2n) is 5.18. The lowest BCUT2D eigenvalue weighted by Gasteiger charge is -2.34. The molecule has 3 heteroatoms. The molecule has 0 atom stereocenters. The average Bonchev–Trinajstić information content (AvgIpc) is 2.39. The van der Waals surface area contributed by atoms with Gasteiger partial charge in [0.2, 0.25) is 0 Å². The number of nitrogens with zero attached hydrogens (tertiary/aromatic N) is 2. The van der Waals surface area contributed by atoms with E-state index in [4.69, 9.17) is 11.6 Å². The molecule has 2 nitrogen and oxygen atoms in total. The Morgan fingerprint density at radius 3 is 2.61 bits per heavy atom. The topological polar surface area (TPSA) is 16.1 Å². The van der Waals surface area contributed by atoms with E-state index in [1.165, 1.54) is 32.1 Å². The number of hydrogen-bond acceptors (Lipinski definition) is 2. The molecule has 0 aromatic carbocycles. The van der Waals surface area contributed by atoms with Crippen molar-refractivity contribution in [2.24, 2.45) is 0 Å². The molecule has 1 aromatic heterocycles. The van der Waals surface area contributed by atoms with Crippen molar-refractivity contribution in [1.82, 2.24) is 4.98 Å². The third-order valence-corrected chi connectivity index (χ3v) is 3.96.